The second kappa shape index (κ2) is 6.99. The van der Waals surface area contributed by atoms with Crippen molar-refractivity contribution in [2.75, 3.05) is 0 Å². The summed E-state index contributed by atoms with van der Waals surface area (Å²) in [5.74, 6) is 2.37. The molecule has 0 aliphatic heterocycles. The molecule has 1 aromatic carbocycles. The van der Waals surface area contributed by atoms with E-state index in [9.17, 15) is 9.59 Å². The van der Waals surface area contributed by atoms with E-state index in [1.54, 1.807) is 0 Å². The summed E-state index contributed by atoms with van der Waals surface area (Å²) >= 11 is 8.05. The number of rotatable bonds is 2. The molecule has 0 heterocycles. The summed E-state index contributed by atoms with van der Waals surface area (Å²) in [6.07, 6.45) is 8.53. The molecule has 3 fully saturated rings. The summed E-state index contributed by atoms with van der Waals surface area (Å²) in [6.45, 7) is 4.65. The Morgan fingerprint density at radius 1 is 0.966 bits per heavy atom. The van der Waals surface area contributed by atoms with E-state index >= 15 is 0 Å². The summed E-state index contributed by atoms with van der Waals surface area (Å²) in [7, 11) is 0. The van der Waals surface area contributed by atoms with Crippen LogP contribution in [-0.4, -0.2) is 16.8 Å². The highest BCUT2D eigenvalue weighted by molar-refractivity contribution is 8.00. The van der Waals surface area contributed by atoms with E-state index in [-0.39, 0.29) is 10.8 Å². The molecule has 6 atom stereocenters. The van der Waals surface area contributed by atoms with Crippen LogP contribution in [0.4, 0.5) is 0 Å². The molecule has 3 saturated carbocycles. The van der Waals surface area contributed by atoms with Crippen LogP contribution in [0.3, 0.4) is 0 Å². The molecule has 2 nitrogen and oxygen atoms in total. The molecule has 1 aromatic rings. The van der Waals surface area contributed by atoms with Crippen LogP contribution >= 0.6 is 23.4 Å². The van der Waals surface area contributed by atoms with Crippen molar-refractivity contribution in [3.05, 3.63) is 40.9 Å². The van der Waals surface area contributed by atoms with Crippen molar-refractivity contribution in [3.63, 3.8) is 0 Å². The molecule has 4 aliphatic carbocycles. The van der Waals surface area contributed by atoms with Gasteiger partial charge in [-0.1, -0.05) is 31.0 Å². The first-order valence-electron chi connectivity index (χ1n) is 11.0. The van der Waals surface area contributed by atoms with Gasteiger partial charge in [0.25, 0.3) is 0 Å². The number of Topliss-reactive ketones (excluding diaryl/α,β-unsaturated/α-hetero) is 1. The van der Waals surface area contributed by atoms with Crippen molar-refractivity contribution in [1.82, 2.24) is 0 Å². The predicted octanol–water partition coefficient (Wildman–Crippen LogP) is 6.51. The van der Waals surface area contributed by atoms with Crippen molar-refractivity contribution < 1.29 is 9.59 Å². The van der Waals surface area contributed by atoms with E-state index in [2.05, 4.69) is 26.0 Å². The Hall–Kier alpha value is -1.06. The highest BCUT2D eigenvalue weighted by atomic mass is 35.5. The lowest BCUT2D eigenvalue weighted by atomic mass is 9.47. The number of carbonyl (C=O) groups is 2. The third-order valence-corrected chi connectivity index (χ3v) is 10.4. The SMILES string of the molecule is C[C@]12CCC(=O)C=C1C[C@@H](Sc1ccc(Cl)cc1)[C@@H]1[C@@H]2CC[C@]2(C)C(=O)CC[C@@H]12. The van der Waals surface area contributed by atoms with Gasteiger partial charge in [-0.2, -0.15) is 0 Å². The topological polar surface area (TPSA) is 34.1 Å². The van der Waals surface area contributed by atoms with Crippen molar-refractivity contribution >= 4 is 34.9 Å². The van der Waals surface area contributed by atoms with Crippen LogP contribution in [0, 0.1) is 28.6 Å². The van der Waals surface area contributed by atoms with Gasteiger partial charge < -0.3 is 0 Å². The smallest absolute Gasteiger partial charge is 0.155 e. The van der Waals surface area contributed by atoms with Gasteiger partial charge in [0, 0.05) is 33.4 Å². The molecular formula is C25H29ClO2S. The molecule has 154 valence electrons. The van der Waals surface area contributed by atoms with Gasteiger partial charge in [-0.25, -0.2) is 0 Å². The van der Waals surface area contributed by atoms with E-state index in [4.69, 9.17) is 11.6 Å². The maximum absolute atomic E-state index is 12.8. The lowest BCUT2D eigenvalue weighted by Crippen LogP contribution is -2.54. The number of thioether (sulfide) groups is 1. The highest BCUT2D eigenvalue weighted by Gasteiger charge is 2.61. The molecule has 0 N–H and O–H groups in total. The van der Waals surface area contributed by atoms with Crippen molar-refractivity contribution in [2.45, 2.75) is 68.9 Å². The van der Waals surface area contributed by atoms with Crippen LogP contribution < -0.4 is 0 Å². The van der Waals surface area contributed by atoms with Crippen molar-refractivity contribution in [2.24, 2.45) is 28.6 Å². The molecular weight excluding hydrogens is 400 g/mol. The molecule has 5 rings (SSSR count). The second-order valence-corrected chi connectivity index (χ2v) is 11.8. The molecule has 29 heavy (non-hydrogen) atoms. The average Bonchev–Trinajstić information content (AvgIpc) is 3.00. The van der Waals surface area contributed by atoms with Gasteiger partial charge in [0.2, 0.25) is 0 Å². The van der Waals surface area contributed by atoms with Crippen LogP contribution in [0.15, 0.2) is 40.8 Å². The maximum atomic E-state index is 12.8. The summed E-state index contributed by atoms with van der Waals surface area (Å²) < 4.78 is 0. The minimum Gasteiger partial charge on any atom is -0.299 e. The van der Waals surface area contributed by atoms with Crippen LogP contribution in [0.5, 0.6) is 0 Å². The zero-order valence-corrected chi connectivity index (χ0v) is 18.8. The van der Waals surface area contributed by atoms with Gasteiger partial charge >= 0.3 is 0 Å². The number of hydrogen-bond donors (Lipinski definition) is 0. The van der Waals surface area contributed by atoms with Crippen molar-refractivity contribution in [1.29, 1.82) is 0 Å². The number of halogens is 1. The Morgan fingerprint density at radius 3 is 2.45 bits per heavy atom. The summed E-state index contributed by atoms with van der Waals surface area (Å²) in [5.41, 5.74) is 1.36. The molecule has 0 aromatic heterocycles. The van der Waals surface area contributed by atoms with Crippen LogP contribution in [0.1, 0.15) is 58.8 Å². The maximum Gasteiger partial charge on any atom is 0.155 e. The van der Waals surface area contributed by atoms with E-state index in [0.29, 0.717) is 41.0 Å². The quantitative estimate of drug-likeness (QED) is 0.538. The largest absolute Gasteiger partial charge is 0.299 e. The zero-order chi connectivity index (χ0) is 20.4. The second-order valence-electron chi connectivity index (χ2n) is 10.1. The number of carbonyl (C=O) groups excluding carboxylic acids is 2. The third-order valence-electron chi connectivity index (χ3n) is 8.77. The van der Waals surface area contributed by atoms with Gasteiger partial charge in [-0.15, -0.1) is 11.8 Å². The number of ketones is 2. The highest BCUT2D eigenvalue weighted by Crippen LogP contribution is 2.66. The number of allylic oxidation sites excluding steroid dienone is 1. The lowest BCUT2D eigenvalue weighted by Gasteiger charge is -2.59. The van der Waals surface area contributed by atoms with E-state index in [0.717, 1.165) is 43.5 Å². The number of benzene rings is 1. The van der Waals surface area contributed by atoms with Gasteiger partial charge in [-0.05, 0) is 85.6 Å². The van der Waals surface area contributed by atoms with Crippen LogP contribution in [-0.2, 0) is 9.59 Å². The van der Waals surface area contributed by atoms with E-state index in [1.165, 1.54) is 10.5 Å². The predicted molar refractivity (Wildman–Crippen MR) is 118 cm³/mol. The van der Waals surface area contributed by atoms with E-state index in [1.807, 2.05) is 30.0 Å². The fraction of sp³-hybridized carbons (Fsp3) is 0.600. The molecule has 0 bridgehead atoms. The zero-order valence-electron chi connectivity index (χ0n) is 17.2. The molecule has 0 saturated heterocycles. The fourth-order valence-electron chi connectivity index (χ4n) is 7.08. The molecule has 0 spiro atoms. The standard InChI is InChI=1S/C25H29ClO2S/c1-24-11-9-17(27)13-15(24)14-21(29-18-5-3-16(26)4-6-18)23-19-7-8-22(28)25(19,2)12-10-20(23)24/h3-6,13,19-21,23H,7-12,14H2,1-2H3/t19-,20-,21+,23-,24-,25-/m0/s1. The summed E-state index contributed by atoms with van der Waals surface area (Å²) in [6, 6.07) is 8.14. The van der Waals surface area contributed by atoms with Crippen LogP contribution in [0.25, 0.3) is 0 Å². The Morgan fingerprint density at radius 2 is 1.69 bits per heavy atom. The molecule has 0 amide bonds. The van der Waals surface area contributed by atoms with Gasteiger partial charge in [-0.3, -0.25) is 9.59 Å². The van der Waals surface area contributed by atoms with Crippen LogP contribution in [0.2, 0.25) is 5.02 Å². The Balaban J connectivity index is 1.56. The summed E-state index contributed by atoms with van der Waals surface area (Å²) in [4.78, 5) is 26.3. The minimum atomic E-state index is -0.137. The van der Waals surface area contributed by atoms with Gasteiger partial charge in [0.1, 0.15) is 5.78 Å². The summed E-state index contributed by atoms with van der Waals surface area (Å²) in [5, 5.41) is 1.18. The minimum absolute atomic E-state index is 0.128. The molecule has 0 radical (unpaired) electrons. The monoisotopic (exact) mass is 428 g/mol. The normalized spacial score (nSPS) is 41.4. The molecule has 0 unspecified atom stereocenters. The Bertz CT molecular complexity index is 891. The van der Waals surface area contributed by atoms with Gasteiger partial charge in [0.15, 0.2) is 5.78 Å². The van der Waals surface area contributed by atoms with Crippen molar-refractivity contribution in [3.8, 4) is 0 Å². The Labute approximate surface area is 182 Å². The van der Waals surface area contributed by atoms with E-state index < -0.39 is 0 Å². The average molecular weight is 429 g/mol. The molecule has 4 heteroatoms. The first-order valence-corrected chi connectivity index (χ1v) is 12.3. The first-order chi connectivity index (χ1) is 13.8. The molecule has 4 aliphatic rings. The lowest BCUT2D eigenvalue weighted by molar-refractivity contribution is -0.132. The number of hydrogen-bond acceptors (Lipinski definition) is 3. The Kier molecular flexibility index (Phi) is 4.79. The van der Waals surface area contributed by atoms with Gasteiger partial charge in [0.05, 0.1) is 0 Å². The third kappa shape index (κ3) is 3.07. The first kappa shape index (κ1) is 19.9. The number of fused-ring (bicyclic) bond motifs is 5. The fourth-order valence-corrected chi connectivity index (χ4v) is 8.65.